The molecule has 0 aromatic heterocycles. The molecule has 0 amide bonds. The van der Waals surface area contributed by atoms with Crippen LogP contribution in [-0.4, -0.2) is 165 Å². The number of aliphatic hydroxyl groups is 9. The molecule has 6 rings (SSSR count). The van der Waals surface area contributed by atoms with E-state index in [1.165, 1.54) is 14.2 Å². The van der Waals surface area contributed by atoms with Gasteiger partial charge in [-0.05, 0) is 73.0 Å². The Morgan fingerprint density at radius 2 is 1.44 bits per heavy atom. The molecule has 54 heavy (non-hydrogen) atoms. The highest BCUT2D eigenvalue weighted by molar-refractivity contribution is 5.22. The maximum absolute atomic E-state index is 12.7. The van der Waals surface area contributed by atoms with Crippen molar-refractivity contribution in [2.45, 2.75) is 171 Å². The van der Waals surface area contributed by atoms with Gasteiger partial charge in [0.15, 0.2) is 12.6 Å². The summed E-state index contributed by atoms with van der Waals surface area (Å²) in [6.45, 7) is 9.62. The van der Waals surface area contributed by atoms with Crippen molar-refractivity contribution in [3.05, 3.63) is 0 Å². The number of rotatable bonds is 12. The highest BCUT2D eigenvalue weighted by atomic mass is 16.8. The molecule has 9 N–H and O–H groups in total. The van der Waals surface area contributed by atoms with Gasteiger partial charge in [0.2, 0.25) is 0 Å². The van der Waals surface area contributed by atoms with E-state index in [0.29, 0.717) is 38.5 Å². The standard InChI is InChI=1S/C39H68O15/c1-17(2)21(52-36-33(28(44)22(15-40)53-36)54-35-32(50-7)29(45)23(49-6)16-51-35)9-8-18(3)25-30(46)31(47)34-38(25,5)13-11-24-37(4)12-10-19(41)27(43)26(37)20(42)14-39(24,34)48/h17-36,40-48H,8-16H2,1-7H3. The Morgan fingerprint density at radius 1 is 0.759 bits per heavy atom. The van der Waals surface area contributed by atoms with Crippen LogP contribution < -0.4 is 0 Å². The highest BCUT2D eigenvalue weighted by Crippen LogP contribution is 2.70. The first kappa shape index (κ1) is 43.0. The van der Waals surface area contributed by atoms with Crippen molar-refractivity contribution in [3.63, 3.8) is 0 Å². The zero-order chi connectivity index (χ0) is 39.7. The van der Waals surface area contributed by atoms with Crippen molar-refractivity contribution in [3.8, 4) is 0 Å². The fourth-order valence-corrected chi connectivity index (χ4v) is 12.6. The summed E-state index contributed by atoms with van der Waals surface area (Å²) in [7, 11) is 2.86. The van der Waals surface area contributed by atoms with Gasteiger partial charge in [-0.1, -0.05) is 34.6 Å². The number of aliphatic hydroxyl groups excluding tert-OH is 8. The van der Waals surface area contributed by atoms with E-state index in [4.69, 9.17) is 28.4 Å². The summed E-state index contributed by atoms with van der Waals surface area (Å²) in [5.74, 6) is -2.18. The van der Waals surface area contributed by atoms with Crippen molar-refractivity contribution in [2.24, 2.45) is 46.3 Å². The second-order valence-corrected chi connectivity index (χ2v) is 18.4. The predicted molar refractivity (Wildman–Crippen MR) is 190 cm³/mol. The van der Waals surface area contributed by atoms with Crippen LogP contribution in [0, 0.1) is 46.3 Å². The van der Waals surface area contributed by atoms with Gasteiger partial charge < -0.3 is 74.4 Å². The van der Waals surface area contributed by atoms with E-state index < -0.39 is 121 Å². The first-order valence-corrected chi connectivity index (χ1v) is 20.1. The Hall–Kier alpha value is -0.600. The van der Waals surface area contributed by atoms with Gasteiger partial charge in [0, 0.05) is 32.5 Å². The summed E-state index contributed by atoms with van der Waals surface area (Å²) in [6, 6.07) is 0. The molecule has 15 heteroatoms. The first-order valence-electron chi connectivity index (χ1n) is 20.1. The molecule has 314 valence electrons. The Kier molecular flexibility index (Phi) is 12.9. The molecule has 22 unspecified atom stereocenters. The van der Waals surface area contributed by atoms with Gasteiger partial charge in [-0.15, -0.1) is 0 Å². The topological polar surface area (TPSA) is 237 Å². The molecule has 15 nitrogen and oxygen atoms in total. The third-order valence-corrected chi connectivity index (χ3v) is 15.2. The fraction of sp³-hybridized carbons (Fsp3) is 1.00. The largest absolute Gasteiger partial charge is 0.394 e. The number of fused-ring (bicyclic) bond motifs is 5. The van der Waals surface area contributed by atoms with Crippen molar-refractivity contribution in [1.29, 1.82) is 0 Å². The normalized spacial score (nSPS) is 53.2. The Labute approximate surface area is 318 Å². The van der Waals surface area contributed by atoms with E-state index in [1.54, 1.807) is 0 Å². The summed E-state index contributed by atoms with van der Waals surface area (Å²) in [5, 5.41) is 101. The van der Waals surface area contributed by atoms with Crippen molar-refractivity contribution >= 4 is 0 Å². The molecule has 0 aromatic rings. The van der Waals surface area contributed by atoms with Crippen LogP contribution in [0.4, 0.5) is 0 Å². The molecule has 4 saturated carbocycles. The van der Waals surface area contributed by atoms with Crippen LogP contribution in [-0.2, 0) is 28.4 Å². The van der Waals surface area contributed by atoms with Gasteiger partial charge in [0.25, 0.3) is 0 Å². The van der Waals surface area contributed by atoms with E-state index in [2.05, 4.69) is 0 Å². The molecule has 4 aliphatic carbocycles. The molecule has 6 fully saturated rings. The van der Waals surface area contributed by atoms with Crippen molar-refractivity contribution < 1.29 is 74.4 Å². The van der Waals surface area contributed by atoms with Crippen LogP contribution in [0.2, 0.25) is 0 Å². The lowest BCUT2D eigenvalue weighted by molar-refractivity contribution is -0.313. The SMILES string of the molecule is COC1COC(OC2C(OC(CCC(C)C3C(O)C(O)C4C3(C)CCC3C5(C)CCC(O)C(O)C5C(O)CC34O)C(C)C)OC(CO)C2O)C(OC)C1O. The third-order valence-electron chi connectivity index (χ3n) is 15.2. The molecule has 2 aliphatic heterocycles. The summed E-state index contributed by atoms with van der Waals surface area (Å²) >= 11 is 0. The number of methoxy groups -OCH3 is 2. The monoisotopic (exact) mass is 776 g/mol. The van der Waals surface area contributed by atoms with Crippen LogP contribution in [0.1, 0.15) is 79.6 Å². The van der Waals surface area contributed by atoms with E-state index in [1.807, 2.05) is 34.6 Å². The second kappa shape index (κ2) is 16.2. The van der Waals surface area contributed by atoms with Gasteiger partial charge in [-0.25, -0.2) is 0 Å². The Bertz CT molecular complexity index is 1260. The molecule has 6 aliphatic rings. The summed E-state index contributed by atoms with van der Waals surface area (Å²) in [4.78, 5) is 0. The van der Waals surface area contributed by atoms with Gasteiger partial charge in [-0.2, -0.15) is 0 Å². The minimum absolute atomic E-state index is 0.0194. The first-order chi connectivity index (χ1) is 25.4. The molecule has 22 atom stereocenters. The maximum Gasteiger partial charge on any atom is 0.187 e. The van der Waals surface area contributed by atoms with E-state index >= 15 is 0 Å². The number of ether oxygens (including phenoxy) is 6. The highest BCUT2D eigenvalue weighted by Gasteiger charge is 2.73. The molecular weight excluding hydrogens is 708 g/mol. The van der Waals surface area contributed by atoms with Gasteiger partial charge in [0.1, 0.15) is 36.6 Å². The predicted octanol–water partition coefficient (Wildman–Crippen LogP) is -0.328. The number of hydrogen-bond donors (Lipinski definition) is 9. The fourth-order valence-electron chi connectivity index (χ4n) is 12.6. The second-order valence-electron chi connectivity index (χ2n) is 18.4. The lowest BCUT2D eigenvalue weighted by Crippen LogP contribution is -2.71. The zero-order valence-electron chi connectivity index (χ0n) is 32.9. The molecule has 2 heterocycles. The molecule has 0 radical (unpaired) electrons. The summed E-state index contributed by atoms with van der Waals surface area (Å²) < 4.78 is 35.2. The van der Waals surface area contributed by atoms with Crippen molar-refractivity contribution in [2.75, 3.05) is 27.4 Å². The smallest absolute Gasteiger partial charge is 0.187 e. The zero-order valence-corrected chi connectivity index (χ0v) is 32.9. The lowest BCUT2D eigenvalue weighted by Gasteiger charge is -2.66. The third kappa shape index (κ3) is 7.02. The quantitative estimate of drug-likeness (QED) is 0.123. The molecule has 0 bridgehead atoms. The maximum atomic E-state index is 12.7. The van der Waals surface area contributed by atoms with Gasteiger partial charge >= 0.3 is 0 Å². The van der Waals surface area contributed by atoms with Crippen LogP contribution in [0.15, 0.2) is 0 Å². The van der Waals surface area contributed by atoms with Crippen LogP contribution in [0.5, 0.6) is 0 Å². The van der Waals surface area contributed by atoms with E-state index in [0.717, 1.165) is 0 Å². The van der Waals surface area contributed by atoms with E-state index in [9.17, 15) is 46.0 Å². The van der Waals surface area contributed by atoms with Crippen LogP contribution >= 0.6 is 0 Å². The lowest BCUT2D eigenvalue weighted by atomic mass is 9.41. The Morgan fingerprint density at radius 3 is 2.07 bits per heavy atom. The minimum Gasteiger partial charge on any atom is -0.394 e. The van der Waals surface area contributed by atoms with E-state index in [-0.39, 0.29) is 36.7 Å². The van der Waals surface area contributed by atoms with Gasteiger partial charge in [-0.3, -0.25) is 0 Å². The average molecular weight is 777 g/mol. The number of hydrogen-bond acceptors (Lipinski definition) is 15. The molecular formula is C39H68O15. The molecule has 2 saturated heterocycles. The summed E-state index contributed by atoms with van der Waals surface area (Å²) in [5.41, 5.74) is -2.81. The van der Waals surface area contributed by atoms with Crippen molar-refractivity contribution in [1.82, 2.24) is 0 Å². The average Bonchev–Trinajstić information content (AvgIpc) is 3.52. The van der Waals surface area contributed by atoms with Gasteiger partial charge in [0.05, 0.1) is 55.4 Å². The van der Waals surface area contributed by atoms with Crippen LogP contribution in [0.25, 0.3) is 0 Å². The summed E-state index contributed by atoms with van der Waals surface area (Å²) in [6.07, 6.45) is -10.8. The molecule has 0 aromatic carbocycles. The Balaban J connectivity index is 1.16. The van der Waals surface area contributed by atoms with Crippen LogP contribution in [0.3, 0.4) is 0 Å². The minimum atomic E-state index is -1.48. The molecule has 0 spiro atoms.